The van der Waals surface area contributed by atoms with Crippen molar-refractivity contribution >= 4 is 22.8 Å². The van der Waals surface area contributed by atoms with Gasteiger partial charge in [0.15, 0.2) is 5.34 Å². The van der Waals surface area contributed by atoms with Gasteiger partial charge in [-0.15, -0.1) is 0 Å². The molecule has 2 unspecified atom stereocenters. The maximum Gasteiger partial charge on any atom is 0.359 e. The number of aliphatic hydroxyl groups is 3. The van der Waals surface area contributed by atoms with Crippen LogP contribution in [0.2, 0.25) is 0 Å². The SMILES string of the molecule is [B][C@@H]1O[C@H](CC(CC)(CC)OP(C)(=O)[C@](C)(CC)C(C)(C)OP(=O)(O)[C@@](C)(O)CC)[C@@H](O)[C@H]1O. The molecule has 2 radical (unpaired) electrons. The zero-order valence-electron chi connectivity index (χ0n) is 22.1. The Labute approximate surface area is 206 Å². The third-order valence-corrected chi connectivity index (χ3v) is 13.8. The van der Waals surface area contributed by atoms with E-state index in [1.54, 1.807) is 34.6 Å². The molecule has 0 bridgehead atoms. The number of rotatable bonds is 13. The molecule has 1 fully saturated rings. The third kappa shape index (κ3) is 6.03. The van der Waals surface area contributed by atoms with Crippen LogP contribution in [0.5, 0.6) is 0 Å². The first-order valence-corrected chi connectivity index (χ1v) is 15.7. The van der Waals surface area contributed by atoms with E-state index in [2.05, 4.69) is 0 Å². The number of aliphatic hydroxyl groups excluding tert-OH is 2. The summed E-state index contributed by atoms with van der Waals surface area (Å²) in [4.78, 5) is 10.6. The van der Waals surface area contributed by atoms with Crippen molar-refractivity contribution in [2.45, 2.75) is 134 Å². The highest BCUT2D eigenvalue weighted by atomic mass is 31.2. The van der Waals surface area contributed by atoms with E-state index in [1.807, 2.05) is 13.8 Å². The summed E-state index contributed by atoms with van der Waals surface area (Å²) in [6.45, 7) is 14.7. The fraction of sp³-hybridized carbons (Fsp3) is 1.00. The monoisotopic (exact) mass is 526 g/mol. The van der Waals surface area contributed by atoms with Crippen LogP contribution in [-0.2, 0) is 22.9 Å². The van der Waals surface area contributed by atoms with E-state index in [-0.39, 0.29) is 19.3 Å². The molecule has 1 aliphatic heterocycles. The normalized spacial score (nSPS) is 31.3. The minimum Gasteiger partial charge on any atom is -0.388 e. The molecule has 0 aromatic heterocycles. The van der Waals surface area contributed by atoms with Crippen molar-refractivity contribution in [2.75, 3.05) is 6.66 Å². The van der Waals surface area contributed by atoms with Crippen LogP contribution in [0.4, 0.5) is 0 Å². The van der Waals surface area contributed by atoms with Gasteiger partial charge in [-0.25, -0.2) is 0 Å². The smallest absolute Gasteiger partial charge is 0.359 e. The Morgan fingerprint density at radius 1 is 0.912 bits per heavy atom. The van der Waals surface area contributed by atoms with Crippen molar-refractivity contribution in [2.24, 2.45) is 0 Å². The lowest BCUT2D eigenvalue weighted by Crippen LogP contribution is -2.51. The average molecular weight is 526 g/mol. The Kier molecular flexibility index (Phi) is 10.4. The predicted octanol–water partition coefficient (Wildman–Crippen LogP) is 3.74. The Morgan fingerprint density at radius 2 is 1.41 bits per heavy atom. The Bertz CT molecular complexity index is 786. The summed E-state index contributed by atoms with van der Waals surface area (Å²) < 4.78 is 44.9. The van der Waals surface area contributed by atoms with Crippen LogP contribution in [0, 0.1) is 0 Å². The van der Waals surface area contributed by atoms with Gasteiger partial charge in [0.25, 0.3) is 0 Å². The molecule has 1 saturated heterocycles. The van der Waals surface area contributed by atoms with Gasteiger partial charge in [-0.2, -0.15) is 0 Å². The molecule has 8 atom stereocenters. The van der Waals surface area contributed by atoms with Crippen LogP contribution in [0.3, 0.4) is 0 Å². The minimum absolute atomic E-state index is 0.00747. The first-order valence-electron chi connectivity index (χ1n) is 12.0. The highest BCUT2D eigenvalue weighted by Gasteiger charge is 2.59. The molecule has 200 valence electrons. The Hall–Kier alpha value is 0.245. The lowest BCUT2D eigenvalue weighted by molar-refractivity contribution is -0.0467. The summed E-state index contributed by atoms with van der Waals surface area (Å²) in [7, 11) is -2.41. The molecule has 9 nitrogen and oxygen atoms in total. The zero-order valence-corrected chi connectivity index (χ0v) is 23.9. The Balaban J connectivity index is 3.35. The second-order valence-corrected chi connectivity index (χ2v) is 15.5. The fourth-order valence-corrected chi connectivity index (χ4v) is 8.76. The average Bonchev–Trinajstić information content (AvgIpc) is 2.97. The largest absolute Gasteiger partial charge is 0.388 e. The molecular weight excluding hydrogens is 481 g/mol. The molecule has 0 aromatic rings. The summed E-state index contributed by atoms with van der Waals surface area (Å²) in [6.07, 6.45) is -1.95. The summed E-state index contributed by atoms with van der Waals surface area (Å²) >= 11 is 0. The maximum atomic E-state index is 14.3. The topological polar surface area (TPSA) is 143 Å². The predicted molar refractivity (Wildman–Crippen MR) is 134 cm³/mol. The van der Waals surface area contributed by atoms with Gasteiger partial charge in [0.2, 0.25) is 7.37 Å². The van der Waals surface area contributed by atoms with Gasteiger partial charge < -0.3 is 29.5 Å². The van der Waals surface area contributed by atoms with Gasteiger partial charge >= 0.3 is 7.60 Å². The molecule has 0 aliphatic carbocycles. The van der Waals surface area contributed by atoms with Crippen molar-refractivity contribution in [3.63, 3.8) is 0 Å². The second-order valence-electron chi connectivity index (χ2n) is 10.5. The van der Waals surface area contributed by atoms with Crippen molar-refractivity contribution in [1.82, 2.24) is 0 Å². The quantitative estimate of drug-likeness (QED) is 0.209. The van der Waals surface area contributed by atoms with Gasteiger partial charge in [-0.3, -0.25) is 13.7 Å². The van der Waals surface area contributed by atoms with Crippen LogP contribution in [0.25, 0.3) is 0 Å². The standard InChI is InChI=1S/C22H45BO9P2/c1-10-20(7,19(5,6)31-34(28,29)21(8,26)11-2)33(9,27)32-22(12-3,13-4)14-15-16(24)17(25)18(23)30-15/h15-18,24-26H,10-14H2,1-9H3,(H,28,29)/t15-,16-,17-,18-,20-,21-,33?/m1/s1. The summed E-state index contributed by atoms with van der Waals surface area (Å²) in [6, 6.07) is -1.03. The van der Waals surface area contributed by atoms with Gasteiger partial charge in [-0.05, 0) is 53.4 Å². The molecule has 0 spiro atoms. The van der Waals surface area contributed by atoms with Crippen molar-refractivity contribution in [3.05, 3.63) is 0 Å². The van der Waals surface area contributed by atoms with Crippen molar-refractivity contribution in [1.29, 1.82) is 0 Å². The van der Waals surface area contributed by atoms with Crippen molar-refractivity contribution in [3.8, 4) is 0 Å². The van der Waals surface area contributed by atoms with Crippen molar-refractivity contribution < 1.29 is 43.1 Å². The van der Waals surface area contributed by atoms with E-state index in [0.29, 0.717) is 12.8 Å². The van der Waals surface area contributed by atoms with E-state index in [4.69, 9.17) is 21.6 Å². The highest BCUT2D eigenvalue weighted by molar-refractivity contribution is 7.60. The van der Waals surface area contributed by atoms with E-state index >= 15 is 0 Å². The molecule has 4 N–H and O–H groups in total. The molecule has 1 rings (SSSR count). The summed E-state index contributed by atoms with van der Waals surface area (Å²) in [5, 5.41) is 27.6. The first kappa shape index (κ1) is 32.3. The van der Waals surface area contributed by atoms with E-state index in [9.17, 15) is 29.3 Å². The number of hydrogen-bond acceptors (Lipinski definition) is 8. The molecule has 12 heteroatoms. The number of hydrogen-bond donors (Lipinski definition) is 4. The third-order valence-electron chi connectivity index (χ3n) is 8.14. The molecule has 1 aliphatic rings. The highest BCUT2D eigenvalue weighted by Crippen LogP contribution is 2.69. The lowest BCUT2D eigenvalue weighted by Gasteiger charge is -2.50. The van der Waals surface area contributed by atoms with Crippen LogP contribution < -0.4 is 0 Å². The van der Waals surface area contributed by atoms with E-state index < -0.39 is 61.0 Å². The summed E-state index contributed by atoms with van der Waals surface area (Å²) in [5.41, 5.74) is -2.41. The van der Waals surface area contributed by atoms with Crippen LogP contribution >= 0.6 is 15.0 Å². The van der Waals surface area contributed by atoms with Crippen LogP contribution in [0.15, 0.2) is 0 Å². The second kappa shape index (κ2) is 10.9. The minimum atomic E-state index is -4.52. The molecule has 0 aromatic carbocycles. The number of ether oxygens (including phenoxy) is 1. The van der Waals surface area contributed by atoms with E-state index in [0.717, 1.165) is 0 Å². The molecule has 0 amide bonds. The Morgan fingerprint density at radius 3 is 1.76 bits per heavy atom. The molecular formula is C22H45BO9P2. The maximum absolute atomic E-state index is 14.3. The molecule has 34 heavy (non-hydrogen) atoms. The van der Waals surface area contributed by atoms with Gasteiger partial charge in [-0.1, -0.05) is 27.7 Å². The zero-order chi connectivity index (χ0) is 27.0. The van der Waals surface area contributed by atoms with Crippen LogP contribution in [0.1, 0.15) is 87.5 Å². The lowest BCUT2D eigenvalue weighted by atomic mass is 9.87. The molecule has 0 saturated carbocycles. The summed E-state index contributed by atoms with van der Waals surface area (Å²) in [5.74, 6) is 0. The fourth-order valence-electron chi connectivity index (χ4n) is 4.40. The van der Waals surface area contributed by atoms with Crippen LogP contribution in [-0.4, -0.2) is 80.7 Å². The van der Waals surface area contributed by atoms with Gasteiger partial charge in [0.1, 0.15) is 14.0 Å². The first-order chi connectivity index (χ1) is 15.2. The van der Waals surface area contributed by atoms with Gasteiger partial charge in [0.05, 0.1) is 28.6 Å². The van der Waals surface area contributed by atoms with Gasteiger partial charge in [0, 0.05) is 19.1 Å². The van der Waals surface area contributed by atoms with E-state index in [1.165, 1.54) is 13.6 Å². The molecule has 1 heterocycles.